The molecule has 0 aliphatic carbocycles. The lowest BCUT2D eigenvalue weighted by Gasteiger charge is -2.35. The molecule has 37 heavy (non-hydrogen) atoms. The van der Waals surface area contributed by atoms with Crippen LogP contribution in [0.3, 0.4) is 0 Å². The number of nitrogens with zero attached hydrogens (tertiary/aromatic N) is 5. The van der Waals surface area contributed by atoms with Gasteiger partial charge in [-0.1, -0.05) is 79.7 Å². The van der Waals surface area contributed by atoms with Crippen LogP contribution >= 0.6 is 23.4 Å². The SMILES string of the molecule is CCCN(CCC)C(=O)c1cccc(CSc2nc(Cl)cc(N3CCN(Cc4ccccc4)CC3)n2)c1. The van der Waals surface area contributed by atoms with Crippen LogP contribution in [0.15, 0.2) is 65.8 Å². The smallest absolute Gasteiger partial charge is 0.253 e. The number of aromatic nitrogens is 2. The summed E-state index contributed by atoms with van der Waals surface area (Å²) in [6.45, 7) is 10.5. The summed E-state index contributed by atoms with van der Waals surface area (Å²) in [6, 6.07) is 20.4. The van der Waals surface area contributed by atoms with Gasteiger partial charge < -0.3 is 9.80 Å². The van der Waals surface area contributed by atoms with E-state index in [0.29, 0.717) is 16.1 Å². The second-order valence-corrected chi connectivity index (χ2v) is 10.7. The average molecular weight is 538 g/mol. The van der Waals surface area contributed by atoms with Gasteiger partial charge in [0.05, 0.1) is 0 Å². The zero-order chi connectivity index (χ0) is 26.0. The minimum absolute atomic E-state index is 0.100. The van der Waals surface area contributed by atoms with Gasteiger partial charge in [-0.3, -0.25) is 9.69 Å². The molecule has 8 heteroatoms. The van der Waals surface area contributed by atoms with Gasteiger partial charge in [-0.25, -0.2) is 9.97 Å². The summed E-state index contributed by atoms with van der Waals surface area (Å²) in [5.74, 6) is 1.65. The van der Waals surface area contributed by atoms with Crippen molar-refractivity contribution in [1.82, 2.24) is 19.8 Å². The van der Waals surface area contributed by atoms with Crippen molar-refractivity contribution in [3.63, 3.8) is 0 Å². The van der Waals surface area contributed by atoms with Crippen molar-refractivity contribution in [2.75, 3.05) is 44.2 Å². The zero-order valence-corrected chi connectivity index (χ0v) is 23.3. The van der Waals surface area contributed by atoms with Crippen molar-refractivity contribution in [1.29, 1.82) is 0 Å². The molecule has 2 heterocycles. The molecule has 0 saturated carbocycles. The van der Waals surface area contributed by atoms with E-state index in [1.165, 1.54) is 5.56 Å². The van der Waals surface area contributed by atoms with Gasteiger partial charge >= 0.3 is 0 Å². The average Bonchev–Trinajstić information content (AvgIpc) is 2.92. The number of hydrogen-bond donors (Lipinski definition) is 0. The van der Waals surface area contributed by atoms with E-state index in [2.05, 4.69) is 59.0 Å². The molecule has 0 N–H and O–H groups in total. The minimum atomic E-state index is 0.100. The summed E-state index contributed by atoms with van der Waals surface area (Å²) >= 11 is 7.95. The topological polar surface area (TPSA) is 52.6 Å². The summed E-state index contributed by atoms with van der Waals surface area (Å²) in [4.78, 5) is 29.0. The first-order valence-electron chi connectivity index (χ1n) is 13.1. The fourth-order valence-corrected chi connectivity index (χ4v) is 5.59. The highest BCUT2D eigenvalue weighted by atomic mass is 35.5. The molecule has 0 bridgehead atoms. The van der Waals surface area contributed by atoms with Crippen LogP contribution < -0.4 is 4.90 Å². The number of piperazine rings is 1. The summed E-state index contributed by atoms with van der Waals surface area (Å²) in [7, 11) is 0. The highest BCUT2D eigenvalue weighted by Gasteiger charge is 2.20. The monoisotopic (exact) mass is 537 g/mol. The van der Waals surface area contributed by atoms with Crippen LogP contribution in [0, 0.1) is 0 Å². The first kappa shape index (κ1) is 27.4. The van der Waals surface area contributed by atoms with Gasteiger partial charge in [-0.05, 0) is 36.1 Å². The van der Waals surface area contributed by atoms with Crippen LogP contribution in [0.2, 0.25) is 5.15 Å². The molecule has 6 nitrogen and oxygen atoms in total. The number of anilines is 1. The third kappa shape index (κ3) is 7.94. The number of benzene rings is 2. The van der Waals surface area contributed by atoms with E-state index < -0.39 is 0 Å². The maximum Gasteiger partial charge on any atom is 0.253 e. The second kappa shape index (κ2) is 13.8. The molecule has 4 rings (SSSR count). The molecule has 1 saturated heterocycles. The van der Waals surface area contributed by atoms with Gasteiger partial charge in [0.15, 0.2) is 5.16 Å². The molecule has 0 unspecified atom stereocenters. The maximum absolute atomic E-state index is 13.0. The summed E-state index contributed by atoms with van der Waals surface area (Å²) in [6.07, 6.45) is 1.91. The van der Waals surface area contributed by atoms with E-state index >= 15 is 0 Å². The molecule has 1 aliphatic heterocycles. The van der Waals surface area contributed by atoms with Crippen molar-refractivity contribution < 1.29 is 4.79 Å². The molecule has 1 amide bonds. The van der Waals surface area contributed by atoms with E-state index in [4.69, 9.17) is 16.6 Å². The Morgan fingerprint density at radius 2 is 1.62 bits per heavy atom. The first-order chi connectivity index (χ1) is 18.1. The highest BCUT2D eigenvalue weighted by molar-refractivity contribution is 7.98. The molecule has 196 valence electrons. The molecule has 0 atom stereocenters. The number of rotatable bonds is 11. The number of thioether (sulfide) groups is 1. The predicted molar refractivity (Wildman–Crippen MR) is 153 cm³/mol. The molecule has 1 fully saturated rings. The third-order valence-electron chi connectivity index (χ3n) is 6.42. The van der Waals surface area contributed by atoms with Gasteiger partial charge in [-0.15, -0.1) is 0 Å². The third-order valence-corrected chi connectivity index (χ3v) is 7.53. The van der Waals surface area contributed by atoms with Crippen molar-refractivity contribution in [2.24, 2.45) is 0 Å². The Bertz CT molecular complexity index is 1150. The lowest BCUT2D eigenvalue weighted by molar-refractivity contribution is 0.0755. The molecule has 3 aromatic rings. The molecule has 2 aromatic carbocycles. The summed E-state index contributed by atoms with van der Waals surface area (Å²) in [5.41, 5.74) is 3.15. The Labute approximate surface area is 230 Å². The van der Waals surface area contributed by atoms with E-state index in [0.717, 1.165) is 75.6 Å². The predicted octanol–water partition coefficient (Wildman–Crippen LogP) is 6.01. The van der Waals surface area contributed by atoms with Crippen molar-refractivity contribution in [3.05, 3.63) is 82.5 Å². The van der Waals surface area contributed by atoms with E-state index in [1.807, 2.05) is 35.2 Å². The van der Waals surface area contributed by atoms with Crippen LogP contribution in [0.1, 0.15) is 48.2 Å². The Hall–Kier alpha value is -2.61. The minimum Gasteiger partial charge on any atom is -0.354 e. The molecule has 0 spiro atoms. The van der Waals surface area contributed by atoms with E-state index in [9.17, 15) is 4.79 Å². The molecule has 1 aliphatic rings. The number of halogens is 1. The first-order valence-corrected chi connectivity index (χ1v) is 14.5. The molecule has 1 aromatic heterocycles. The van der Waals surface area contributed by atoms with Crippen LogP contribution in [0.25, 0.3) is 0 Å². The van der Waals surface area contributed by atoms with E-state index in [1.54, 1.807) is 11.8 Å². The van der Waals surface area contributed by atoms with Gasteiger partial charge in [-0.2, -0.15) is 0 Å². The Kier molecular flexibility index (Phi) is 10.2. The normalized spacial score (nSPS) is 14.1. The van der Waals surface area contributed by atoms with Gasteiger partial charge in [0.1, 0.15) is 11.0 Å². The van der Waals surface area contributed by atoms with Gasteiger partial charge in [0, 0.05) is 63.2 Å². The Balaban J connectivity index is 1.36. The molecular weight excluding hydrogens is 502 g/mol. The van der Waals surface area contributed by atoms with Crippen molar-refractivity contribution >= 4 is 35.1 Å². The van der Waals surface area contributed by atoms with Crippen molar-refractivity contribution in [3.8, 4) is 0 Å². The summed E-state index contributed by atoms with van der Waals surface area (Å²) < 4.78 is 0. The number of hydrogen-bond acceptors (Lipinski definition) is 6. The number of amides is 1. The molecular formula is C29H36ClN5OS. The lowest BCUT2D eigenvalue weighted by atomic mass is 10.1. The standard InChI is InChI=1S/C29H36ClN5OS/c1-3-13-35(14-4-2)28(36)25-12-8-11-24(19-25)22-37-29-31-26(30)20-27(32-29)34-17-15-33(16-18-34)21-23-9-6-5-7-10-23/h5-12,19-20H,3-4,13-18,21-22H2,1-2H3. The largest absolute Gasteiger partial charge is 0.354 e. The van der Waals surface area contributed by atoms with Gasteiger partial charge in [0.2, 0.25) is 0 Å². The van der Waals surface area contributed by atoms with Crippen LogP contribution in [0.5, 0.6) is 0 Å². The van der Waals surface area contributed by atoms with Gasteiger partial charge in [0.25, 0.3) is 5.91 Å². The maximum atomic E-state index is 13.0. The molecule has 0 radical (unpaired) electrons. The van der Waals surface area contributed by atoms with Crippen LogP contribution in [-0.2, 0) is 12.3 Å². The number of carbonyl (C=O) groups excluding carboxylic acids is 1. The Morgan fingerprint density at radius 1 is 0.919 bits per heavy atom. The van der Waals surface area contributed by atoms with E-state index in [-0.39, 0.29) is 5.91 Å². The zero-order valence-electron chi connectivity index (χ0n) is 21.8. The highest BCUT2D eigenvalue weighted by Crippen LogP contribution is 2.26. The lowest BCUT2D eigenvalue weighted by Crippen LogP contribution is -2.46. The quantitative estimate of drug-likeness (QED) is 0.170. The van der Waals surface area contributed by atoms with Crippen molar-refractivity contribution in [2.45, 2.75) is 44.1 Å². The number of carbonyl (C=O) groups is 1. The van der Waals surface area contributed by atoms with Crippen LogP contribution in [0.4, 0.5) is 5.82 Å². The Morgan fingerprint density at radius 3 is 2.32 bits per heavy atom. The fourth-order valence-electron chi connectivity index (χ4n) is 4.57. The second-order valence-electron chi connectivity index (χ2n) is 9.36. The fraction of sp³-hybridized carbons (Fsp3) is 0.414. The summed E-state index contributed by atoms with van der Waals surface area (Å²) in [5, 5.41) is 1.11. The van der Waals surface area contributed by atoms with Crippen LogP contribution in [-0.4, -0.2) is 64.9 Å².